The first-order valence-electron chi connectivity index (χ1n) is 9.11. The number of rotatable bonds is 6. The lowest BCUT2D eigenvalue weighted by atomic mass is 10.2. The van der Waals surface area contributed by atoms with E-state index in [2.05, 4.69) is 4.98 Å². The molecule has 0 unspecified atom stereocenters. The number of carbonyl (C=O) groups is 1. The zero-order valence-electron chi connectivity index (χ0n) is 15.7. The van der Waals surface area contributed by atoms with Crippen molar-refractivity contribution >= 4 is 55.8 Å². The molecule has 5 nitrogen and oxygen atoms in total. The van der Waals surface area contributed by atoms with E-state index >= 15 is 0 Å². The van der Waals surface area contributed by atoms with Crippen LogP contribution >= 0.6 is 34.5 Å². The Labute approximate surface area is 182 Å². The Morgan fingerprint density at radius 2 is 2.07 bits per heavy atom. The summed E-state index contributed by atoms with van der Waals surface area (Å²) in [6, 6.07) is 10.8. The molecule has 0 spiro atoms. The molecule has 0 aliphatic carbocycles. The van der Waals surface area contributed by atoms with E-state index in [-0.39, 0.29) is 5.91 Å². The molecule has 0 bridgehead atoms. The predicted molar refractivity (Wildman–Crippen MR) is 119 cm³/mol. The van der Waals surface area contributed by atoms with Crippen LogP contribution in [0.5, 0.6) is 0 Å². The molecular formula is C21H18Cl2N4OS. The van der Waals surface area contributed by atoms with E-state index in [9.17, 15) is 4.79 Å². The van der Waals surface area contributed by atoms with Crippen molar-refractivity contribution in [3.8, 4) is 0 Å². The third kappa shape index (κ3) is 4.45. The summed E-state index contributed by atoms with van der Waals surface area (Å²) in [5.74, 6) is -0.124. The van der Waals surface area contributed by atoms with Crippen molar-refractivity contribution in [3.63, 3.8) is 0 Å². The third-order valence-electron chi connectivity index (χ3n) is 4.54. The van der Waals surface area contributed by atoms with Gasteiger partial charge in [-0.3, -0.25) is 9.69 Å². The predicted octanol–water partition coefficient (Wildman–Crippen LogP) is 5.85. The molecule has 0 atom stereocenters. The maximum atomic E-state index is 13.3. The average molecular weight is 445 g/mol. The van der Waals surface area contributed by atoms with Crippen LogP contribution in [0.2, 0.25) is 10.0 Å². The Kier molecular flexibility index (Phi) is 5.85. The quantitative estimate of drug-likeness (QED) is 0.374. The molecule has 4 aromatic rings. The van der Waals surface area contributed by atoms with Crippen LogP contribution in [-0.4, -0.2) is 27.0 Å². The van der Waals surface area contributed by atoms with E-state index in [1.807, 2.05) is 29.8 Å². The maximum absolute atomic E-state index is 13.3. The number of benzene rings is 2. The SMILES string of the molecule is Cc1cc(Cl)cc2sc(N(CCCn3ccnc3)C(=O)c3cccc(Cl)c3)nc12. The van der Waals surface area contributed by atoms with Gasteiger partial charge in [-0.25, -0.2) is 9.97 Å². The van der Waals surface area contributed by atoms with Crippen molar-refractivity contribution in [1.29, 1.82) is 0 Å². The standard InChI is InChI=1S/C21H18Cl2N4OS/c1-14-10-17(23)12-18-19(14)25-21(29-18)27(8-3-7-26-9-6-24-13-26)20(28)15-4-2-5-16(22)11-15/h2,4-6,9-13H,3,7-8H2,1H3. The molecule has 0 saturated carbocycles. The van der Waals surface area contributed by atoms with Crippen LogP contribution in [0.4, 0.5) is 5.13 Å². The van der Waals surface area contributed by atoms with Gasteiger partial charge in [0.25, 0.3) is 5.91 Å². The summed E-state index contributed by atoms with van der Waals surface area (Å²) in [6.45, 7) is 3.26. The van der Waals surface area contributed by atoms with Crippen molar-refractivity contribution in [2.45, 2.75) is 19.9 Å². The minimum Gasteiger partial charge on any atom is -0.337 e. The zero-order valence-corrected chi connectivity index (χ0v) is 18.0. The van der Waals surface area contributed by atoms with Gasteiger partial charge in [-0.1, -0.05) is 40.6 Å². The maximum Gasteiger partial charge on any atom is 0.260 e. The van der Waals surface area contributed by atoms with Gasteiger partial charge in [0, 0.05) is 41.1 Å². The number of aromatic nitrogens is 3. The molecule has 148 valence electrons. The molecule has 0 saturated heterocycles. The van der Waals surface area contributed by atoms with E-state index in [0.29, 0.717) is 27.3 Å². The normalized spacial score (nSPS) is 11.1. The smallest absolute Gasteiger partial charge is 0.260 e. The number of hydrogen-bond acceptors (Lipinski definition) is 4. The van der Waals surface area contributed by atoms with Gasteiger partial charge in [0.2, 0.25) is 0 Å². The number of thiazole rings is 1. The van der Waals surface area contributed by atoms with E-state index < -0.39 is 0 Å². The van der Waals surface area contributed by atoms with Crippen molar-refractivity contribution in [2.24, 2.45) is 0 Å². The summed E-state index contributed by atoms with van der Waals surface area (Å²) in [6.07, 6.45) is 6.19. The lowest BCUT2D eigenvalue weighted by Crippen LogP contribution is -2.32. The molecule has 0 N–H and O–H groups in total. The van der Waals surface area contributed by atoms with Gasteiger partial charge in [-0.2, -0.15) is 0 Å². The van der Waals surface area contributed by atoms with E-state index in [4.69, 9.17) is 28.2 Å². The summed E-state index contributed by atoms with van der Waals surface area (Å²) in [7, 11) is 0. The summed E-state index contributed by atoms with van der Waals surface area (Å²) in [5.41, 5.74) is 2.39. The fraction of sp³-hybridized carbons (Fsp3) is 0.190. The topological polar surface area (TPSA) is 51.0 Å². The molecule has 2 aromatic heterocycles. The Balaban J connectivity index is 1.67. The van der Waals surface area contributed by atoms with Crippen LogP contribution in [0.25, 0.3) is 10.2 Å². The molecule has 8 heteroatoms. The fourth-order valence-electron chi connectivity index (χ4n) is 3.15. The van der Waals surface area contributed by atoms with Gasteiger partial charge in [-0.05, 0) is 49.2 Å². The van der Waals surface area contributed by atoms with Crippen LogP contribution in [0.15, 0.2) is 55.1 Å². The molecule has 0 aliphatic heterocycles. The highest BCUT2D eigenvalue weighted by Crippen LogP contribution is 2.34. The lowest BCUT2D eigenvalue weighted by molar-refractivity contribution is 0.0986. The second-order valence-corrected chi connectivity index (χ2v) is 8.57. The van der Waals surface area contributed by atoms with Gasteiger partial charge in [0.15, 0.2) is 5.13 Å². The van der Waals surface area contributed by atoms with E-state index in [1.165, 1.54) is 11.3 Å². The highest BCUT2D eigenvalue weighted by atomic mass is 35.5. The second-order valence-electron chi connectivity index (χ2n) is 6.69. The number of imidazole rings is 1. The number of aryl methyl sites for hydroxylation is 2. The lowest BCUT2D eigenvalue weighted by Gasteiger charge is -2.20. The average Bonchev–Trinajstić information content (AvgIpc) is 3.34. The van der Waals surface area contributed by atoms with E-state index in [1.54, 1.807) is 41.7 Å². The highest BCUT2D eigenvalue weighted by molar-refractivity contribution is 7.22. The minimum absolute atomic E-state index is 0.124. The Morgan fingerprint density at radius 3 is 2.83 bits per heavy atom. The zero-order chi connectivity index (χ0) is 20.4. The van der Waals surface area contributed by atoms with Crippen molar-refractivity contribution in [1.82, 2.24) is 14.5 Å². The Morgan fingerprint density at radius 1 is 1.21 bits per heavy atom. The van der Waals surface area contributed by atoms with Crippen LogP contribution in [0, 0.1) is 6.92 Å². The van der Waals surface area contributed by atoms with Crippen molar-refractivity contribution < 1.29 is 4.79 Å². The molecule has 0 fully saturated rings. The number of carbonyl (C=O) groups excluding carboxylic acids is 1. The number of hydrogen-bond donors (Lipinski definition) is 0. The summed E-state index contributed by atoms with van der Waals surface area (Å²) in [5, 5.41) is 1.85. The molecule has 0 aliphatic rings. The number of amides is 1. The van der Waals surface area contributed by atoms with Gasteiger partial charge >= 0.3 is 0 Å². The number of nitrogens with zero attached hydrogens (tertiary/aromatic N) is 4. The van der Waals surface area contributed by atoms with Crippen LogP contribution in [0.3, 0.4) is 0 Å². The van der Waals surface area contributed by atoms with Crippen molar-refractivity contribution in [2.75, 3.05) is 11.4 Å². The second kappa shape index (κ2) is 8.53. The van der Waals surface area contributed by atoms with E-state index in [0.717, 1.165) is 28.7 Å². The number of halogens is 2. The summed E-state index contributed by atoms with van der Waals surface area (Å²) < 4.78 is 2.95. The minimum atomic E-state index is -0.124. The van der Waals surface area contributed by atoms with Crippen molar-refractivity contribution in [3.05, 3.63) is 76.3 Å². The van der Waals surface area contributed by atoms with Gasteiger partial charge < -0.3 is 4.57 Å². The first-order chi connectivity index (χ1) is 14.0. The molecule has 4 rings (SSSR count). The highest BCUT2D eigenvalue weighted by Gasteiger charge is 2.22. The fourth-order valence-corrected chi connectivity index (χ4v) is 4.78. The van der Waals surface area contributed by atoms with Gasteiger partial charge in [0.05, 0.1) is 16.5 Å². The largest absolute Gasteiger partial charge is 0.337 e. The van der Waals surface area contributed by atoms with Gasteiger partial charge in [-0.15, -0.1) is 0 Å². The molecule has 0 radical (unpaired) electrons. The summed E-state index contributed by atoms with van der Waals surface area (Å²) >= 11 is 13.8. The van der Waals surface area contributed by atoms with Crippen LogP contribution in [-0.2, 0) is 6.54 Å². The molecule has 29 heavy (non-hydrogen) atoms. The van der Waals surface area contributed by atoms with Crippen LogP contribution in [0.1, 0.15) is 22.3 Å². The number of anilines is 1. The third-order valence-corrected chi connectivity index (χ3v) is 6.02. The molecule has 2 heterocycles. The summed E-state index contributed by atoms with van der Waals surface area (Å²) in [4.78, 5) is 23.8. The molecule has 2 aromatic carbocycles. The first-order valence-corrected chi connectivity index (χ1v) is 10.7. The first kappa shape index (κ1) is 19.9. The monoisotopic (exact) mass is 444 g/mol. The van der Waals surface area contributed by atoms with Gasteiger partial charge in [0.1, 0.15) is 0 Å². The number of fused-ring (bicyclic) bond motifs is 1. The molecule has 1 amide bonds. The Hall–Kier alpha value is -2.41. The van der Waals surface area contributed by atoms with Crippen LogP contribution < -0.4 is 4.90 Å². The molecular weight excluding hydrogens is 427 g/mol. The Bertz CT molecular complexity index is 1160.